The van der Waals surface area contributed by atoms with Gasteiger partial charge in [0.1, 0.15) is 0 Å². The molecule has 0 spiro atoms. The summed E-state index contributed by atoms with van der Waals surface area (Å²) in [5.74, 6) is 0.0458. The van der Waals surface area contributed by atoms with Gasteiger partial charge >= 0.3 is 4.87 Å². The second-order valence-corrected chi connectivity index (χ2v) is 5.88. The number of hydrogen-bond acceptors (Lipinski definition) is 4. The number of thiazole rings is 1. The highest BCUT2D eigenvalue weighted by Crippen LogP contribution is 2.16. The quantitative estimate of drug-likeness (QED) is 0.714. The van der Waals surface area contributed by atoms with Gasteiger partial charge in [0.2, 0.25) is 5.91 Å². The van der Waals surface area contributed by atoms with E-state index in [1.165, 1.54) is 25.7 Å². The molecule has 1 amide bonds. The fourth-order valence-corrected chi connectivity index (χ4v) is 3.00. The highest BCUT2D eigenvalue weighted by Gasteiger charge is 2.14. The van der Waals surface area contributed by atoms with Crippen LogP contribution in [-0.2, 0) is 11.3 Å². The summed E-state index contributed by atoms with van der Waals surface area (Å²) in [6.45, 7) is 0.825. The van der Waals surface area contributed by atoms with Crippen LogP contribution in [0.15, 0.2) is 10.2 Å². The Labute approximate surface area is 116 Å². The van der Waals surface area contributed by atoms with E-state index >= 15 is 0 Å². The van der Waals surface area contributed by atoms with Crippen LogP contribution in [0.1, 0.15) is 44.2 Å². The lowest BCUT2D eigenvalue weighted by Gasteiger charge is -2.16. The molecule has 3 N–H and O–H groups in total. The minimum atomic E-state index is -0.0558. The molecule has 5 nitrogen and oxygen atoms in total. The summed E-state index contributed by atoms with van der Waals surface area (Å²) in [7, 11) is 0. The van der Waals surface area contributed by atoms with Gasteiger partial charge in [-0.05, 0) is 12.8 Å². The van der Waals surface area contributed by atoms with Crippen molar-refractivity contribution in [1.29, 1.82) is 0 Å². The van der Waals surface area contributed by atoms with Gasteiger partial charge in [-0.3, -0.25) is 9.59 Å². The lowest BCUT2D eigenvalue weighted by atomic mass is 10.1. The van der Waals surface area contributed by atoms with Gasteiger partial charge in [0.15, 0.2) is 0 Å². The molecule has 1 aromatic heterocycles. The standard InChI is InChI=1S/C13H21N3O2S/c17-12(15-10-5-3-1-2-4-6-10)8-14-7-11-9-19-13(18)16-11/h9-10,14H,1-8H2,(H,15,17)(H,16,18). The van der Waals surface area contributed by atoms with Crippen LogP contribution in [0.25, 0.3) is 0 Å². The lowest BCUT2D eigenvalue weighted by molar-refractivity contribution is -0.121. The summed E-state index contributed by atoms with van der Waals surface area (Å²) in [5, 5.41) is 7.90. The minimum Gasteiger partial charge on any atom is -0.352 e. The average Bonchev–Trinajstić information content (AvgIpc) is 2.63. The number of carbonyl (C=O) groups is 1. The Morgan fingerprint density at radius 3 is 2.68 bits per heavy atom. The smallest absolute Gasteiger partial charge is 0.304 e. The van der Waals surface area contributed by atoms with Gasteiger partial charge in [-0.2, -0.15) is 0 Å². The van der Waals surface area contributed by atoms with Gasteiger partial charge < -0.3 is 15.6 Å². The maximum Gasteiger partial charge on any atom is 0.304 e. The van der Waals surface area contributed by atoms with E-state index in [1.54, 1.807) is 5.38 Å². The number of H-pyrrole nitrogens is 1. The van der Waals surface area contributed by atoms with Crippen LogP contribution in [0.3, 0.4) is 0 Å². The third-order valence-corrected chi connectivity index (χ3v) is 4.11. The summed E-state index contributed by atoms with van der Waals surface area (Å²) in [5.41, 5.74) is 0.831. The van der Waals surface area contributed by atoms with E-state index in [0.717, 1.165) is 29.9 Å². The fraction of sp³-hybridized carbons (Fsp3) is 0.692. The zero-order valence-corrected chi connectivity index (χ0v) is 11.9. The first kappa shape index (κ1) is 14.3. The van der Waals surface area contributed by atoms with Crippen molar-refractivity contribution in [3.8, 4) is 0 Å². The molecule has 0 unspecified atom stereocenters. The SMILES string of the molecule is O=C(CNCc1csc(=O)[nH]1)NC1CCCCCC1. The van der Waals surface area contributed by atoms with E-state index in [-0.39, 0.29) is 10.8 Å². The summed E-state index contributed by atoms with van der Waals surface area (Å²) >= 11 is 1.14. The highest BCUT2D eigenvalue weighted by atomic mass is 32.1. The van der Waals surface area contributed by atoms with Crippen LogP contribution in [-0.4, -0.2) is 23.5 Å². The van der Waals surface area contributed by atoms with Gasteiger partial charge in [-0.15, -0.1) is 0 Å². The number of aromatic nitrogens is 1. The lowest BCUT2D eigenvalue weighted by Crippen LogP contribution is -2.40. The number of hydrogen-bond donors (Lipinski definition) is 3. The van der Waals surface area contributed by atoms with Crippen LogP contribution in [0, 0.1) is 0 Å². The summed E-state index contributed by atoms with van der Waals surface area (Å²) in [4.78, 5) is 25.4. The number of aromatic amines is 1. The highest BCUT2D eigenvalue weighted by molar-refractivity contribution is 7.07. The zero-order valence-electron chi connectivity index (χ0n) is 11.0. The Kier molecular flexibility index (Phi) is 5.60. The van der Waals surface area contributed by atoms with E-state index in [4.69, 9.17) is 0 Å². The molecular weight excluding hydrogens is 262 g/mol. The Morgan fingerprint density at radius 1 is 1.32 bits per heavy atom. The molecule has 1 heterocycles. The average molecular weight is 283 g/mol. The van der Waals surface area contributed by atoms with Gasteiger partial charge in [0.25, 0.3) is 0 Å². The molecule has 1 aromatic rings. The van der Waals surface area contributed by atoms with Gasteiger partial charge in [-0.25, -0.2) is 0 Å². The topological polar surface area (TPSA) is 74.0 Å². The maximum atomic E-state index is 11.8. The number of rotatable bonds is 5. The molecule has 1 saturated carbocycles. The first-order chi connectivity index (χ1) is 9.24. The first-order valence-electron chi connectivity index (χ1n) is 6.91. The van der Waals surface area contributed by atoms with E-state index in [2.05, 4.69) is 15.6 Å². The molecule has 1 fully saturated rings. The fourth-order valence-electron chi connectivity index (χ4n) is 2.41. The van der Waals surface area contributed by atoms with E-state index in [1.807, 2.05) is 0 Å². The third-order valence-electron chi connectivity index (χ3n) is 3.39. The largest absolute Gasteiger partial charge is 0.352 e. The number of nitrogens with one attached hydrogen (secondary N) is 3. The van der Waals surface area contributed by atoms with Crippen LogP contribution in [0.4, 0.5) is 0 Å². The van der Waals surface area contributed by atoms with Crippen molar-refractivity contribution >= 4 is 17.2 Å². The number of carbonyl (C=O) groups excluding carboxylic acids is 1. The molecule has 2 rings (SSSR count). The van der Waals surface area contributed by atoms with Crippen molar-refractivity contribution in [1.82, 2.24) is 15.6 Å². The molecule has 0 bridgehead atoms. The van der Waals surface area contributed by atoms with Crippen molar-refractivity contribution in [2.45, 2.75) is 51.1 Å². The molecule has 0 aromatic carbocycles. The van der Waals surface area contributed by atoms with Crippen LogP contribution in [0.2, 0.25) is 0 Å². The number of amides is 1. The predicted molar refractivity (Wildman–Crippen MR) is 76.3 cm³/mol. The summed E-state index contributed by atoms with van der Waals surface area (Å²) in [6.07, 6.45) is 7.21. The Hall–Kier alpha value is -1.14. The van der Waals surface area contributed by atoms with E-state index in [9.17, 15) is 9.59 Å². The van der Waals surface area contributed by atoms with Crippen molar-refractivity contribution in [3.63, 3.8) is 0 Å². The van der Waals surface area contributed by atoms with Crippen LogP contribution < -0.4 is 15.5 Å². The molecule has 19 heavy (non-hydrogen) atoms. The monoisotopic (exact) mass is 283 g/mol. The molecule has 6 heteroatoms. The molecule has 0 aliphatic heterocycles. The molecule has 1 aliphatic carbocycles. The zero-order chi connectivity index (χ0) is 13.5. The molecule has 106 valence electrons. The third kappa shape index (κ3) is 5.16. The van der Waals surface area contributed by atoms with E-state index < -0.39 is 0 Å². The minimum absolute atomic E-state index is 0.0458. The normalized spacial score (nSPS) is 17.1. The second-order valence-electron chi connectivity index (χ2n) is 5.03. The van der Waals surface area contributed by atoms with Crippen molar-refractivity contribution in [3.05, 3.63) is 20.7 Å². The van der Waals surface area contributed by atoms with Crippen LogP contribution >= 0.6 is 11.3 Å². The molecule has 0 atom stereocenters. The van der Waals surface area contributed by atoms with E-state index in [0.29, 0.717) is 19.1 Å². The summed E-state index contributed by atoms with van der Waals surface area (Å²) in [6, 6.07) is 0.345. The molecule has 0 radical (unpaired) electrons. The first-order valence-corrected chi connectivity index (χ1v) is 7.79. The second kappa shape index (κ2) is 7.45. The van der Waals surface area contributed by atoms with Crippen molar-refractivity contribution in [2.75, 3.05) is 6.54 Å². The van der Waals surface area contributed by atoms with Crippen molar-refractivity contribution < 1.29 is 4.79 Å². The molecule has 1 aliphatic rings. The summed E-state index contributed by atoms with van der Waals surface area (Å²) < 4.78 is 0. The van der Waals surface area contributed by atoms with Crippen LogP contribution in [0.5, 0.6) is 0 Å². The maximum absolute atomic E-state index is 11.8. The molecule has 0 saturated heterocycles. The van der Waals surface area contributed by atoms with Gasteiger partial charge in [-0.1, -0.05) is 37.0 Å². The Bertz CT molecular complexity index is 447. The van der Waals surface area contributed by atoms with Crippen molar-refractivity contribution in [2.24, 2.45) is 0 Å². The van der Waals surface area contributed by atoms with Gasteiger partial charge in [0, 0.05) is 23.7 Å². The van der Waals surface area contributed by atoms with Gasteiger partial charge in [0.05, 0.1) is 6.54 Å². The Balaban J connectivity index is 1.65. The molecular formula is C13H21N3O2S. The predicted octanol–water partition coefficient (Wildman–Crippen LogP) is 1.36. The Morgan fingerprint density at radius 2 is 2.05 bits per heavy atom.